The maximum absolute atomic E-state index is 6.46. The van der Waals surface area contributed by atoms with E-state index in [1.807, 2.05) is 6.07 Å². The fraction of sp³-hybridized carbons (Fsp3) is 0.0196. The number of aryl methyl sites for hydroxylation is 1. The summed E-state index contributed by atoms with van der Waals surface area (Å²) in [6.45, 7) is 2.13. The number of benzene rings is 8. The summed E-state index contributed by atoms with van der Waals surface area (Å²) in [6.07, 6.45) is 0. The number of hydrogen-bond donors (Lipinski definition) is 0. The molecule has 3 heteroatoms. The van der Waals surface area contributed by atoms with Crippen molar-refractivity contribution in [2.45, 2.75) is 6.92 Å². The largest absolute Gasteiger partial charge is 0.454 e. The van der Waals surface area contributed by atoms with Gasteiger partial charge in [0.1, 0.15) is 11.1 Å². The SMILES string of the molecule is Cc1ccc2c(c1)c1oc3ccccc3c1n2-c1ccc(-c2cccc(N(c3ccc(-c4ccccc4)cc3)c3ccc(-c4ccccc4)cc3)c2)cc1. The van der Waals surface area contributed by atoms with Gasteiger partial charge in [-0.2, -0.15) is 0 Å². The minimum Gasteiger partial charge on any atom is -0.454 e. The van der Waals surface area contributed by atoms with Gasteiger partial charge in [0.05, 0.1) is 5.52 Å². The Kier molecular flexibility index (Phi) is 7.70. The van der Waals surface area contributed by atoms with E-state index in [2.05, 4.69) is 211 Å². The molecule has 0 fully saturated rings. The molecule has 0 N–H and O–H groups in total. The molecule has 0 aliphatic heterocycles. The Morgan fingerprint density at radius 2 is 0.944 bits per heavy atom. The third-order valence-corrected chi connectivity index (χ3v) is 10.5. The zero-order chi connectivity index (χ0) is 36.0. The number of aromatic nitrogens is 1. The van der Waals surface area contributed by atoms with E-state index >= 15 is 0 Å². The summed E-state index contributed by atoms with van der Waals surface area (Å²) in [7, 11) is 0. The molecule has 256 valence electrons. The van der Waals surface area contributed by atoms with Gasteiger partial charge in [-0.3, -0.25) is 0 Å². The first-order valence-corrected chi connectivity index (χ1v) is 18.4. The third kappa shape index (κ3) is 5.55. The summed E-state index contributed by atoms with van der Waals surface area (Å²) in [6, 6.07) is 71.5. The van der Waals surface area contributed by atoms with Crippen LogP contribution in [0.4, 0.5) is 17.1 Å². The quantitative estimate of drug-likeness (QED) is 0.166. The molecular weight excluding hydrogens is 657 g/mol. The summed E-state index contributed by atoms with van der Waals surface area (Å²) in [5.74, 6) is 0. The van der Waals surface area contributed by atoms with Crippen LogP contribution in [0.1, 0.15) is 5.56 Å². The highest BCUT2D eigenvalue weighted by Gasteiger charge is 2.20. The molecule has 0 saturated heterocycles. The molecule has 0 aliphatic rings. The normalized spacial score (nSPS) is 11.4. The minimum atomic E-state index is 0.905. The molecule has 0 saturated carbocycles. The standard InChI is InChI=1S/C51H36N2O/c1-35-19-32-48-47(33-35)51-50(46-17-8-9-18-49(46)54-51)53(48)44-30-24-40(25-31-44)41-15-10-16-45(34-41)52(42-26-20-38(21-27-42)36-11-4-2-5-12-36)43-28-22-39(23-29-43)37-13-6-3-7-14-37/h2-34H,1H3. The molecule has 0 spiro atoms. The number of rotatable bonds is 7. The molecule has 3 nitrogen and oxygen atoms in total. The van der Waals surface area contributed by atoms with E-state index in [0.29, 0.717) is 0 Å². The van der Waals surface area contributed by atoms with Crippen LogP contribution in [0.15, 0.2) is 205 Å². The lowest BCUT2D eigenvalue weighted by atomic mass is 10.0. The van der Waals surface area contributed by atoms with Gasteiger partial charge in [0.25, 0.3) is 0 Å². The second kappa shape index (κ2) is 13.1. The van der Waals surface area contributed by atoms with Crippen LogP contribution in [0, 0.1) is 6.92 Å². The van der Waals surface area contributed by atoms with Crippen molar-refractivity contribution in [3.8, 4) is 39.1 Å². The predicted molar refractivity (Wildman–Crippen MR) is 226 cm³/mol. The topological polar surface area (TPSA) is 21.3 Å². The van der Waals surface area contributed by atoms with Crippen LogP contribution < -0.4 is 4.90 Å². The van der Waals surface area contributed by atoms with Gasteiger partial charge in [0.15, 0.2) is 5.58 Å². The van der Waals surface area contributed by atoms with Crippen molar-refractivity contribution < 1.29 is 4.42 Å². The second-order valence-corrected chi connectivity index (χ2v) is 13.9. The lowest BCUT2D eigenvalue weighted by Gasteiger charge is -2.26. The van der Waals surface area contributed by atoms with E-state index in [-0.39, 0.29) is 0 Å². The van der Waals surface area contributed by atoms with E-state index in [0.717, 1.165) is 66.8 Å². The molecular formula is C51H36N2O. The van der Waals surface area contributed by atoms with Crippen molar-refractivity contribution >= 4 is 50.0 Å². The van der Waals surface area contributed by atoms with E-state index in [1.165, 1.54) is 27.8 Å². The molecule has 0 unspecified atom stereocenters. The van der Waals surface area contributed by atoms with Crippen molar-refractivity contribution in [2.75, 3.05) is 4.90 Å². The zero-order valence-electron chi connectivity index (χ0n) is 29.9. The molecule has 0 atom stereocenters. The van der Waals surface area contributed by atoms with E-state index in [1.54, 1.807) is 0 Å². The van der Waals surface area contributed by atoms with E-state index in [4.69, 9.17) is 4.42 Å². The summed E-state index contributed by atoms with van der Waals surface area (Å²) < 4.78 is 8.80. The van der Waals surface area contributed by atoms with Crippen molar-refractivity contribution in [3.05, 3.63) is 206 Å². The highest BCUT2D eigenvalue weighted by molar-refractivity contribution is 6.16. The molecule has 54 heavy (non-hydrogen) atoms. The summed E-state index contributed by atoms with van der Waals surface area (Å²) >= 11 is 0. The lowest BCUT2D eigenvalue weighted by molar-refractivity contribution is 0.672. The Hall–Kier alpha value is -7.10. The molecule has 0 radical (unpaired) electrons. The van der Waals surface area contributed by atoms with Gasteiger partial charge < -0.3 is 13.9 Å². The molecule has 0 aliphatic carbocycles. The Morgan fingerprint density at radius 1 is 0.407 bits per heavy atom. The molecule has 10 aromatic rings. The Bertz CT molecular complexity index is 2820. The van der Waals surface area contributed by atoms with Crippen LogP contribution in [0.25, 0.3) is 72.0 Å². The first-order valence-electron chi connectivity index (χ1n) is 18.4. The highest BCUT2D eigenvalue weighted by Crippen LogP contribution is 2.41. The van der Waals surface area contributed by atoms with Crippen molar-refractivity contribution in [2.24, 2.45) is 0 Å². The first-order chi connectivity index (χ1) is 26.7. The Morgan fingerprint density at radius 3 is 1.59 bits per heavy atom. The van der Waals surface area contributed by atoms with E-state index in [9.17, 15) is 0 Å². The third-order valence-electron chi connectivity index (χ3n) is 10.5. The number of furan rings is 1. The Balaban J connectivity index is 1.04. The molecule has 2 aromatic heterocycles. The maximum Gasteiger partial charge on any atom is 0.161 e. The van der Waals surface area contributed by atoms with Gasteiger partial charge in [-0.1, -0.05) is 133 Å². The molecule has 8 aromatic carbocycles. The van der Waals surface area contributed by atoms with Crippen molar-refractivity contribution in [3.63, 3.8) is 0 Å². The van der Waals surface area contributed by atoms with Crippen LogP contribution in [-0.4, -0.2) is 4.57 Å². The fourth-order valence-electron chi connectivity index (χ4n) is 7.79. The number of hydrogen-bond acceptors (Lipinski definition) is 2. The summed E-state index contributed by atoms with van der Waals surface area (Å²) in [5, 5.41) is 2.25. The van der Waals surface area contributed by atoms with Crippen LogP contribution in [0.3, 0.4) is 0 Å². The minimum absolute atomic E-state index is 0.905. The second-order valence-electron chi connectivity index (χ2n) is 13.9. The van der Waals surface area contributed by atoms with E-state index < -0.39 is 0 Å². The number of para-hydroxylation sites is 1. The van der Waals surface area contributed by atoms with Crippen LogP contribution in [0.2, 0.25) is 0 Å². The molecule has 10 rings (SSSR count). The van der Waals surface area contributed by atoms with Crippen molar-refractivity contribution in [1.82, 2.24) is 4.57 Å². The van der Waals surface area contributed by atoms with Crippen molar-refractivity contribution in [1.29, 1.82) is 0 Å². The van der Waals surface area contributed by atoms with Crippen LogP contribution in [0.5, 0.6) is 0 Å². The zero-order valence-corrected chi connectivity index (χ0v) is 29.9. The summed E-state index contributed by atoms with van der Waals surface area (Å²) in [5.41, 5.74) is 16.8. The van der Waals surface area contributed by atoms with Gasteiger partial charge in [0.2, 0.25) is 0 Å². The molecule has 0 bridgehead atoms. The van der Waals surface area contributed by atoms with Gasteiger partial charge in [0, 0.05) is 33.5 Å². The predicted octanol–water partition coefficient (Wildman–Crippen LogP) is 14.3. The van der Waals surface area contributed by atoms with Gasteiger partial charge in [-0.25, -0.2) is 0 Å². The maximum atomic E-state index is 6.46. The van der Waals surface area contributed by atoms with Gasteiger partial charge >= 0.3 is 0 Å². The smallest absolute Gasteiger partial charge is 0.161 e. The average molecular weight is 693 g/mol. The number of fused-ring (bicyclic) bond motifs is 5. The number of nitrogens with zero attached hydrogens (tertiary/aromatic N) is 2. The fourth-order valence-corrected chi connectivity index (χ4v) is 7.79. The monoisotopic (exact) mass is 692 g/mol. The molecule has 0 amide bonds. The molecule has 2 heterocycles. The van der Waals surface area contributed by atoms with Gasteiger partial charge in [-0.05, 0) is 113 Å². The highest BCUT2D eigenvalue weighted by atomic mass is 16.3. The average Bonchev–Trinajstić information content (AvgIpc) is 3.77. The Labute approximate surface area is 314 Å². The van der Waals surface area contributed by atoms with Crippen LogP contribution >= 0.6 is 0 Å². The number of anilines is 3. The van der Waals surface area contributed by atoms with Gasteiger partial charge in [-0.15, -0.1) is 0 Å². The lowest BCUT2D eigenvalue weighted by Crippen LogP contribution is -2.10. The first kappa shape index (κ1) is 31.6. The summed E-state index contributed by atoms with van der Waals surface area (Å²) in [4.78, 5) is 2.34. The van der Waals surface area contributed by atoms with Crippen LogP contribution in [-0.2, 0) is 0 Å².